The van der Waals surface area contributed by atoms with Crippen molar-refractivity contribution < 1.29 is 18.5 Å². The minimum atomic E-state index is -0.327. The maximum atomic E-state index is 13.0. The quantitative estimate of drug-likeness (QED) is 0.771. The predicted molar refractivity (Wildman–Crippen MR) is 85.8 cm³/mol. The van der Waals surface area contributed by atoms with E-state index in [9.17, 15) is 9.18 Å². The van der Waals surface area contributed by atoms with Gasteiger partial charge in [-0.1, -0.05) is 0 Å². The number of carbonyl (C=O) groups is 1. The monoisotopic (exact) mass is 339 g/mol. The molecule has 6 nitrogen and oxygen atoms in total. The number of likely N-dealkylation sites (N-methyl/N-ethyl adjacent to an activating group) is 1. The molecule has 23 heavy (non-hydrogen) atoms. The zero-order valence-corrected chi connectivity index (χ0v) is 14.1. The number of rotatable bonds is 6. The average Bonchev–Trinajstić information content (AvgIpc) is 2.79. The fraction of sp³-hybridized carbons (Fsp3) is 0.400. The summed E-state index contributed by atoms with van der Waals surface area (Å²) in [5.41, 5.74) is 0.645. The van der Waals surface area contributed by atoms with Crippen LogP contribution in [0.3, 0.4) is 0 Å². The standard InChI is InChI=1S/C15H19FN4O2S/c1-10(2)17-13(21)8-19(3)9-20-15(23)22-14(18-20)11-4-6-12(16)7-5-11/h4-7,10H,8-9H2,1-3H3,(H,17,21)/p+1. The van der Waals surface area contributed by atoms with Crippen LogP contribution in [0, 0.1) is 10.7 Å². The fourth-order valence-corrected chi connectivity index (χ4v) is 2.26. The summed E-state index contributed by atoms with van der Waals surface area (Å²) in [5, 5.41) is 7.12. The van der Waals surface area contributed by atoms with Crippen LogP contribution in [0.15, 0.2) is 28.7 Å². The largest absolute Gasteiger partial charge is 0.409 e. The van der Waals surface area contributed by atoms with Crippen LogP contribution < -0.4 is 10.2 Å². The topological polar surface area (TPSA) is 64.5 Å². The van der Waals surface area contributed by atoms with Gasteiger partial charge in [0, 0.05) is 11.6 Å². The zero-order chi connectivity index (χ0) is 17.0. The van der Waals surface area contributed by atoms with E-state index in [1.165, 1.54) is 16.8 Å². The molecule has 1 heterocycles. The van der Waals surface area contributed by atoms with Gasteiger partial charge in [0.1, 0.15) is 5.82 Å². The summed E-state index contributed by atoms with van der Waals surface area (Å²) < 4.78 is 19.9. The van der Waals surface area contributed by atoms with Crippen LogP contribution in [0.5, 0.6) is 0 Å². The van der Waals surface area contributed by atoms with Crippen molar-refractivity contribution >= 4 is 18.1 Å². The van der Waals surface area contributed by atoms with Gasteiger partial charge in [-0.05, 0) is 50.3 Å². The van der Waals surface area contributed by atoms with Crippen LogP contribution >= 0.6 is 12.2 Å². The molecule has 1 unspecified atom stereocenters. The molecule has 2 aromatic rings. The highest BCUT2D eigenvalue weighted by atomic mass is 32.1. The Morgan fingerprint density at radius 2 is 2.09 bits per heavy atom. The van der Waals surface area contributed by atoms with Crippen LogP contribution in [0.1, 0.15) is 13.8 Å². The smallest absolute Gasteiger partial charge is 0.292 e. The van der Waals surface area contributed by atoms with E-state index in [0.29, 0.717) is 24.7 Å². The van der Waals surface area contributed by atoms with Gasteiger partial charge in [0.05, 0.1) is 7.05 Å². The van der Waals surface area contributed by atoms with Gasteiger partial charge in [-0.25, -0.2) is 4.39 Å². The molecule has 2 N–H and O–H groups in total. The summed E-state index contributed by atoms with van der Waals surface area (Å²) in [6, 6.07) is 5.93. The molecule has 0 saturated heterocycles. The normalized spacial score (nSPS) is 12.4. The first-order valence-corrected chi connectivity index (χ1v) is 7.70. The molecule has 1 aromatic carbocycles. The fourth-order valence-electron chi connectivity index (χ4n) is 2.07. The number of nitrogens with zero attached hydrogens (tertiary/aromatic N) is 2. The number of hydrogen-bond acceptors (Lipinski definition) is 4. The Hall–Kier alpha value is -2.06. The zero-order valence-electron chi connectivity index (χ0n) is 13.3. The average molecular weight is 339 g/mol. The van der Waals surface area contributed by atoms with E-state index in [-0.39, 0.29) is 22.6 Å². The molecule has 0 bridgehead atoms. The Morgan fingerprint density at radius 3 is 2.70 bits per heavy atom. The minimum Gasteiger partial charge on any atom is -0.409 e. The van der Waals surface area contributed by atoms with Crippen molar-refractivity contribution in [2.24, 2.45) is 0 Å². The molecule has 0 spiro atoms. The van der Waals surface area contributed by atoms with Crippen LogP contribution in [-0.2, 0) is 11.5 Å². The first kappa shape index (κ1) is 17.3. The van der Waals surface area contributed by atoms with Gasteiger partial charge in [0.15, 0.2) is 13.2 Å². The Balaban J connectivity index is 2.05. The molecule has 0 aliphatic rings. The first-order chi connectivity index (χ1) is 10.8. The summed E-state index contributed by atoms with van der Waals surface area (Å²) in [4.78, 5) is 12.9. The lowest BCUT2D eigenvalue weighted by molar-refractivity contribution is -0.895. The molecular weight excluding hydrogens is 319 g/mol. The highest BCUT2D eigenvalue weighted by Crippen LogP contribution is 2.17. The summed E-state index contributed by atoms with van der Waals surface area (Å²) in [7, 11) is 1.87. The third-order valence-electron chi connectivity index (χ3n) is 3.03. The van der Waals surface area contributed by atoms with E-state index in [2.05, 4.69) is 10.4 Å². The minimum absolute atomic E-state index is 0.0359. The molecule has 0 saturated carbocycles. The Kier molecular flexibility index (Phi) is 5.62. The van der Waals surface area contributed by atoms with Gasteiger partial charge in [-0.2, -0.15) is 4.68 Å². The third-order valence-corrected chi connectivity index (χ3v) is 3.32. The maximum Gasteiger partial charge on any atom is 0.292 e. The number of amides is 1. The van der Waals surface area contributed by atoms with Crippen LogP contribution in [0.2, 0.25) is 0 Å². The Morgan fingerprint density at radius 1 is 1.43 bits per heavy atom. The molecule has 0 aliphatic carbocycles. The Bertz CT molecular complexity index is 724. The van der Waals surface area contributed by atoms with Crippen molar-refractivity contribution in [1.82, 2.24) is 15.1 Å². The van der Waals surface area contributed by atoms with Crippen LogP contribution in [-0.4, -0.2) is 35.3 Å². The number of carbonyl (C=O) groups excluding carboxylic acids is 1. The SMILES string of the molecule is CC(C)NC(=O)C[NH+](C)Cn1nc(-c2ccc(F)cc2)oc1=S. The summed E-state index contributed by atoms with van der Waals surface area (Å²) in [6.07, 6.45) is 0. The van der Waals surface area contributed by atoms with E-state index in [1.54, 1.807) is 12.1 Å². The van der Waals surface area contributed by atoms with Gasteiger partial charge < -0.3 is 14.6 Å². The molecule has 0 aliphatic heterocycles. The van der Waals surface area contributed by atoms with E-state index in [0.717, 1.165) is 4.90 Å². The molecule has 1 aromatic heterocycles. The second kappa shape index (κ2) is 7.47. The van der Waals surface area contributed by atoms with Gasteiger partial charge in [0.2, 0.25) is 5.89 Å². The summed E-state index contributed by atoms with van der Waals surface area (Å²) >= 11 is 5.15. The Labute approximate surface area is 138 Å². The molecule has 2 rings (SSSR count). The highest BCUT2D eigenvalue weighted by Gasteiger charge is 2.14. The maximum absolute atomic E-state index is 13.0. The predicted octanol–water partition coefficient (Wildman–Crippen LogP) is 1.01. The lowest BCUT2D eigenvalue weighted by Crippen LogP contribution is -3.09. The van der Waals surface area contributed by atoms with Crippen molar-refractivity contribution in [2.75, 3.05) is 13.6 Å². The molecular formula is C15H20FN4O2S+. The number of benzene rings is 1. The van der Waals surface area contributed by atoms with E-state index in [4.69, 9.17) is 16.6 Å². The van der Waals surface area contributed by atoms with Crippen molar-refractivity contribution in [3.63, 3.8) is 0 Å². The summed E-state index contributed by atoms with van der Waals surface area (Å²) in [6.45, 7) is 4.53. The van der Waals surface area contributed by atoms with Crippen molar-refractivity contribution in [3.8, 4) is 11.5 Å². The lowest BCUT2D eigenvalue weighted by Gasteiger charge is -2.14. The number of halogens is 1. The van der Waals surface area contributed by atoms with Crippen molar-refractivity contribution in [2.45, 2.75) is 26.6 Å². The molecule has 0 radical (unpaired) electrons. The number of quaternary nitrogens is 1. The molecule has 8 heteroatoms. The number of nitrogens with one attached hydrogen (secondary N) is 2. The van der Waals surface area contributed by atoms with Gasteiger partial charge in [0.25, 0.3) is 10.7 Å². The molecule has 0 fully saturated rings. The first-order valence-electron chi connectivity index (χ1n) is 7.29. The number of hydrogen-bond donors (Lipinski definition) is 2. The highest BCUT2D eigenvalue weighted by molar-refractivity contribution is 7.71. The second-order valence-electron chi connectivity index (χ2n) is 5.69. The van der Waals surface area contributed by atoms with Gasteiger partial charge in [-0.3, -0.25) is 4.79 Å². The number of aromatic nitrogens is 2. The van der Waals surface area contributed by atoms with Crippen LogP contribution in [0.25, 0.3) is 11.5 Å². The van der Waals surface area contributed by atoms with E-state index >= 15 is 0 Å². The van der Waals surface area contributed by atoms with Crippen molar-refractivity contribution in [3.05, 3.63) is 34.9 Å². The lowest BCUT2D eigenvalue weighted by atomic mass is 10.2. The molecule has 1 amide bonds. The third kappa shape index (κ3) is 4.97. The molecule has 124 valence electrons. The van der Waals surface area contributed by atoms with Gasteiger partial charge >= 0.3 is 0 Å². The van der Waals surface area contributed by atoms with E-state index in [1.807, 2.05) is 20.9 Å². The van der Waals surface area contributed by atoms with Gasteiger partial charge in [-0.15, -0.1) is 5.10 Å². The van der Waals surface area contributed by atoms with Crippen LogP contribution in [0.4, 0.5) is 4.39 Å². The second-order valence-corrected chi connectivity index (χ2v) is 6.04. The van der Waals surface area contributed by atoms with E-state index < -0.39 is 0 Å². The summed E-state index contributed by atoms with van der Waals surface area (Å²) in [5.74, 6) is -0.0344. The molecule has 1 atom stereocenters. The van der Waals surface area contributed by atoms with Crippen molar-refractivity contribution in [1.29, 1.82) is 0 Å².